The van der Waals surface area contributed by atoms with E-state index in [-0.39, 0.29) is 17.6 Å². The maximum absolute atomic E-state index is 12.5. The Morgan fingerprint density at radius 3 is 2.57 bits per heavy atom. The van der Waals surface area contributed by atoms with Gasteiger partial charge in [-0.2, -0.15) is 0 Å². The summed E-state index contributed by atoms with van der Waals surface area (Å²) >= 11 is 1.38. The molecule has 146 valence electrons. The Morgan fingerprint density at radius 1 is 1.11 bits per heavy atom. The van der Waals surface area contributed by atoms with Crippen LogP contribution in [0, 0.1) is 0 Å². The molecule has 0 spiro atoms. The first-order valence-corrected chi connectivity index (χ1v) is 10.1. The first-order chi connectivity index (χ1) is 13.6. The average molecular weight is 398 g/mol. The SMILES string of the molecule is CCn1c(SCC(=O)c2cccc(OC)c2)nnc1[C@H](C)Oc1ccccc1. The number of benzene rings is 2. The molecule has 0 bridgehead atoms. The number of nitrogens with zero attached hydrogens (tertiary/aromatic N) is 3. The molecule has 0 unspecified atom stereocenters. The molecule has 28 heavy (non-hydrogen) atoms. The van der Waals surface area contributed by atoms with E-state index < -0.39 is 0 Å². The third kappa shape index (κ3) is 4.72. The maximum atomic E-state index is 12.5. The summed E-state index contributed by atoms with van der Waals surface area (Å²) in [5.74, 6) is 2.48. The minimum atomic E-state index is -0.252. The van der Waals surface area contributed by atoms with Crippen LogP contribution in [0.3, 0.4) is 0 Å². The van der Waals surface area contributed by atoms with Gasteiger partial charge < -0.3 is 14.0 Å². The van der Waals surface area contributed by atoms with Gasteiger partial charge in [-0.15, -0.1) is 10.2 Å². The van der Waals surface area contributed by atoms with Crippen LogP contribution in [-0.4, -0.2) is 33.4 Å². The fourth-order valence-corrected chi connectivity index (χ4v) is 3.67. The summed E-state index contributed by atoms with van der Waals surface area (Å²) < 4.78 is 13.1. The van der Waals surface area contributed by atoms with Gasteiger partial charge in [0.15, 0.2) is 22.9 Å². The van der Waals surface area contributed by atoms with Crippen LogP contribution in [0.15, 0.2) is 59.8 Å². The minimum Gasteiger partial charge on any atom is -0.497 e. The summed E-state index contributed by atoms with van der Waals surface area (Å²) in [4.78, 5) is 12.5. The first kappa shape index (κ1) is 19.9. The van der Waals surface area contributed by atoms with Crippen molar-refractivity contribution in [2.24, 2.45) is 0 Å². The normalized spacial score (nSPS) is 11.8. The molecule has 0 N–H and O–H groups in total. The van der Waals surface area contributed by atoms with E-state index >= 15 is 0 Å². The predicted molar refractivity (Wildman–Crippen MR) is 109 cm³/mol. The molecule has 1 heterocycles. The molecule has 1 atom stereocenters. The van der Waals surface area contributed by atoms with E-state index in [1.807, 2.05) is 60.9 Å². The molecule has 3 aromatic rings. The fourth-order valence-electron chi connectivity index (χ4n) is 2.77. The number of methoxy groups -OCH3 is 1. The molecule has 0 aliphatic rings. The van der Waals surface area contributed by atoms with Gasteiger partial charge >= 0.3 is 0 Å². The number of hydrogen-bond acceptors (Lipinski definition) is 6. The molecule has 3 rings (SSSR count). The molecular weight excluding hydrogens is 374 g/mol. The Kier molecular flexibility index (Phi) is 6.71. The monoisotopic (exact) mass is 397 g/mol. The highest BCUT2D eigenvalue weighted by atomic mass is 32.2. The lowest BCUT2D eigenvalue weighted by molar-refractivity contribution is 0.102. The highest BCUT2D eigenvalue weighted by molar-refractivity contribution is 7.99. The van der Waals surface area contributed by atoms with Crippen LogP contribution in [-0.2, 0) is 6.54 Å². The van der Waals surface area contributed by atoms with Crippen LogP contribution in [0.25, 0.3) is 0 Å². The number of ketones is 1. The zero-order valence-corrected chi connectivity index (χ0v) is 17.0. The van der Waals surface area contributed by atoms with E-state index in [2.05, 4.69) is 10.2 Å². The van der Waals surface area contributed by atoms with Crippen molar-refractivity contribution in [1.29, 1.82) is 0 Å². The molecule has 0 saturated carbocycles. The number of carbonyl (C=O) groups excluding carboxylic acids is 1. The molecule has 0 fully saturated rings. The molecule has 0 aliphatic heterocycles. The number of Topliss-reactive ketones (excluding diaryl/α,β-unsaturated/α-hetero) is 1. The lowest BCUT2D eigenvalue weighted by Gasteiger charge is -2.15. The third-order valence-electron chi connectivity index (χ3n) is 4.21. The van der Waals surface area contributed by atoms with Gasteiger partial charge in [0, 0.05) is 12.1 Å². The number of hydrogen-bond donors (Lipinski definition) is 0. The number of thioether (sulfide) groups is 1. The third-order valence-corrected chi connectivity index (χ3v) is 5.17. The molecule has 0 radical (unpaired) electrons. The number of para-hydroxylation sites is 1. The molecule has 7 heteroatoms. The lowest BCUT2D eigenvalue weighted by atomic mass is 10.1. The molecule has 2 aromatic carbocycles. The zero-order chi connectivity index (χ0) is 19.9. The van der Waals surface area contributed by atoms with Crippen molar-refractivity contribution < 1.29 is 14.3 Å². The zero-order valence-electron chi connectivity index (χ0n) is 16.2. The van der Waals surface area contributed by atoms with Crippen molar-refractivity contribution in [3.05, 3.63) is 66.0 Å². The summed E-state index contributed by atoms with van der Waals surface area (Å²) in [5, 5.41) is 9.27. The van der Waals surface area contributed by atoms with Crippen molar-refractivity contribution in [2.45, 2.75) is 31.7 Å². The molecule has 0 saturated heterocycles. The Morgan fingerprint density at radius 2 is 1.86 bits per heavy atom. The van der Waals surface area contributed by atoms with Gasteiger partial charge in [-0.05, 0) is 38.1 Å². The number of rotatable bonds is 9. The minimum absolute atomic E-state index is 0.0182. The summed E-state index contributed by atoms with van der Waals surface area (Å²) in [7, 11) is 1.59. The summed E-state index contributed by atoms with van der Waals surface area (Å²) in [5.41, 5.74) is 0.621. The van der Waals surface area contributed by atoms with Gasteiger partial charge in [0.25, 0.3) is 0 Å². The van der Waals surface area contributed by atoms with E-state index in [0.29, 0.717) is 23.0 Å². The van der Waals surface area contributed by atoms with E-state index in [4.69, 9.17) is 9.47 Å². The van der Waals surface area contributed by atoms with Gasteiger partial charge in [-0.25, -0.2) is 0 Å². The quantitative estimate of drug-likeness (QED) is 0.393. The summed E-state index contributed by atoms with van der Waals surface area (Å²) in [6, 6.07) is 16.8. The Bertz CT molecular complexity index is 928. The second-order valence-corrected chi connectivity index (χ2v) is 7.04. The predicted octanol–water partition coefficient (Wildman–Crippen LogP) is 4.42. The Hall–Kier alpha value is -2.80. The van der Waals surface area contributed by atoms with E-state index in [9.17, 15) is 4.79 Å². The molecule has 6 nitrogen and oxygen atoms in total. The largest absolute Gasteiger partial charge is 0.497 e. The maximum Gasteiger partial charge on any atom is 0.191 e. The first-order valence-electron chi connectivity index (χ1n) is 9.07. The standard InChI is InChI=1S/C21H23N3O3S/c1-4-24-20(15(2)27-17-10-6-5-7-11-17)22-23-21(24)28-14-19(25)16-9-8-12-18(13-16)26-3/h5-13,15H,4,14H2,1-3H3/t15-/m0/s1. The van der Waals surface area contributed by atoms with Gasteiger partial charge in [0.1, 0.15) is 11.5 Å². The smallest absolute Gasteiger partial charge is 0.191 e. The topological polar surface area (TPSA) is 66.2 Å². The summed E-state index contributed by atoms with van der Waals surface area (Å²) in [6.45, 7) is 4.66. The highest BCUT2D eigenvalue weighted by Crippen LogP contribution is 2.25. The van der Waals surface area contributed by atoms with Gasteiger partial charge in [0.05, 0.1) is 12.9 Å². The average Bonchev–Trinajstić information content (AvgIpc) is 3.15. The van der Waals surface area contributed by atoms with Gasteiger partial charge in [-0.1, -0.05) is 42.1 Å². The van der Waals surface area contributed by atoms with Crippen LogP contribution < -0.4 is 9.47 Å². The second kappa shape index (κ2) is 9.41. The molecule has 0 amide bonds. The number of aromatic nitrogens is 3. The van der Waals surface area contributed by atoms with Crippen LogP contribution in [0.4, 0.5) is 0 Å². The molecular formula is C21H23N3O3S. The lowest BCUT2D eigenvalue weighted by Crippen LogP contribution is -2.12. The van der Waals surface area contributed by atoms with Crippen molar-refractivity contribution in [3.63, 3.8) is 0 Å². The second-order valence-electron chi connectivity index (χ2n) is 6.10. The number of carbonyl (C=O) groups is 1. The van der Waals surface area contributed by atoms with Crippen LogP contribution in [0.1, 0.15) is 36.1 Å². The van der Waals surface area contributed by atoms with E-state index in [1.165, 1.54) is 11.8 Å². The van der Waals surface area contributed by atoms with Gasteiger partial charge in [-0.3, -0.25) is 4.79 Å². The van der Waals surface area contributed by atoms with Crippen molar-refractivity contribution in [3.8, 4) is 11.5 Å². The van der Waals surface area contributed by atoms with E-state index in [0.717, 1.165) is 11.6 Å². The van der Waals surface area contributed by atoms with Crippen molar-refractivity contribution in [2.75, 3.05) is 12.9 Å². The fraction of sp³-hybridized carbons (Fsp3) is 0.286. The van der Waals surface area contributed by atoms with Crippen molar-refractivity contribution in [1.82, 2.24) is 14.8 Å². The number of ether oxygens (including phenoxy) is 2. The van der Waals surface area contributed by atoms with Gasteiger partial charge in [0.2, 0.25) is 0 Å². The van der Waals surface area contributed by atoms with E-state index in [1.54, 1.807) is 19.2 Å². The molecule has 0 aliphatic carbocycles. The van der Waals surface area contributed by atoms with Crippen LogP contribution >= 0.6 is 11.8 Å². The Balaban J connectivity index is 1.68. The summed E-state index contributed by atoms with van der Waals surface area (Å²) in [6.07, 6.45) is -0.252. The Labute approximate surface area is 168 Å². The van der Waals surface area contributed by atoms with Crippen molar-refractivity contribution >= 4 is 17.5 Å². The van der Waals surface area contributed by atoms with Crippen LogP contribution in [0.2, 0.25) is 0 Å². The highest BCUT2D eigenvalue weighted by Gasteiger charge is 2.19. The van der Waals surface area contributed by atoms with Crippen LogP contribution in [0.5, 0.6) is 11.5 Å². The molecule has 1 aromatic heterocycles.